The smallest absolute Gasteiger partial charge is 0.308 e. The summed E-state index contributed by atoms with van der Waals surface area (Å²) in [6.45, 7) is 2.22. The fourth-order valence-corrected chi connectivity index (χ4v) is 2.77. The number of nitrogens with zero attached hydrogens (tertiary/aromatic N) is 2. The third-order valence-corrected chi connectivity index (χ3v) is 4.10. The molecule has 0 radical (unpaired) electrons. The third-order valence-electron chi connectivity index (χ3n) is 3.52. The van der Waals surface area contributed by atoms with Gasteiger partial charge in [-0.1, -0.05) is 30.3 Å². The second kappa shape index (κ2) is 7.48. The van der Waals surface area contributed by atoms with Crippen molar-refractivity contribution in [3.63, 3.8) is 0 Å². The SMILES string of the molecule is Cc1cccc(NC(=O)Nc2nn(Cc3ccccc3F)cc2Br)c1. The second-order valence-electron chi connectivity index (χ2n) is 5.56. The average molecular weight is 403 g/mol. The Morgan fingerprint density at radius 3 is 2.76 bits per heavy atom. The number of rotatable bonds is 4. The van der Waals surface area contributed by atoms with Gasteiger partial charge in [-0.3, -0.25) is 10.00 Å². The highest BCUT2D eigenvalue weighted by Gasteiger charge is 2.12. The predicted octanol–water partition coefficient (Wildman–Crippen LogP) is 4.79. The number of carbonyl (C=O) groups is 1. The van der Waals surface area contributed by atoms with E-state index >= 15 is 0 Å². The van der Waals surface area contributed by atoms with Crippen LogP contribution < -0.4 is 10.6 Å². The zero-order chi connectivity index (χ0) is 17.8. The Labute approximate surface area is 153 Å². The van der Waals surface area contributed by atoms with Crippen molar-refractivity contribution in [1.82, 2.24) is 9.78 Å². The van der Waals surface area contributed by atoms with Gasteiger partial charge < -0.3 is 5.32 Å². The first-order chi connectivity index (χ1) is 12.0. The van der Waals surface area contributed by atoms with Crippen molar-refractivity contribution in [3.8, 4) is 0 Å². The molecule has 0 aliphatic carbocycles. The summed E-state index contributed by atoms with van der Waals surface area (Å²) >= 11 is 3.35. The fraction of sp³-hybridized carbons (Fsp3) is 0.111. The van der Waals surface area contributed by atoms with Crippen LogP contribution >= 0.6 is 15.9 Å². The summed E-state index contributed by atoms with van der Waals surface area (Å²) in [4.78, 5) is 12.1. The maximum atomic E-state index is 13.7. The van der Waals surface area contributed by atoms with Crippen LogP contribution in [0.15, 0.2) is 59.2 Å². The van der Waals surface area contributed by atoms with E-state index in [1.807, 2.05) is 25.1 Å². The van der Waals surface area contributed by atoms with Gasteiger partial charge in [0.15, 0.2) is 5.82 Å². The number of amides is 2. The minimum atomic E-state index is -0.401. The Kier molecular flexibility index (Phi) is 5.14. The number of aromatic nitrogens is 2. The van der Waals surface area contributed by atoms with Gasteiger partial charge in [0.25, 0.3) is 0 Å². The van der Waals surface area contributed by atoms with Gasteiger partial charge in [-0.05, 0) is 46.6 Å². The number of aryl methyl sites for hydroxylation is 1. The van der Waals surface area contributed by atoms with Crippen LogP contribution in [0.25, 0.3) is 0 Å². The van der Waals surface area contributed by atoms with Crippen molar-refractivity contribution in [2.24, 2.45) is 0 Å². The van der Waals surface area contributed by atoms with E-state index < -0.39 is 6.03 Å². The first kappa shape index (κ1) is 17.2. The molecule has 0 aliphatic rings. The van der Waals surface area contributed by atoms with Gasteiger partial charge in [0.2, 0.25) is 0 Å². The number of halogens is 2. The van der Waals surface area contributed by atoms with Crippen molar-refractivity contribution in [3.05, 3.63) is 76.1 Å². The standard InChI is InChI=1S/C18H16BrFN4O/c1-12-5-4-7-14(9-12)21-18(25)22-17-15(19)11-24(23-17)10-13-6-2-3-8-16(13)20/h2-9,11H,10H2,1H3,(H2,21,22,23,25). The number of hydrogen-bond donors (Lipinski definition) is 2. The zero-order valence-electron chi connectivity index (χ0n) is 13.5. The molecule has 0 aliphatic heterocycles. The van der Waals surface area contributed by atoms with Crippen molar-refractivity contribution < 1.29 is 9.18 Å². The van der Waals surface area contributed by atoms with Crippen LogP contribution in [0.5, 0.6) is 0 Å². The molecule has 0 bridgehead atoms. The molecule has 3 aromatic rings. The molecule has 2 N–H and O–H groups in total. The van der Waals surface area contributed by atoms with E-state index in [1.54, 1.807) is 35.1 Å². The van der Waals surface area contributed by atoms with E-state index in [-0.39, 0.29) is 12.4 Å². The summed E-state index contributed by atoms with van der Waals surface area (Å²) < 4.78 is 15.9. The molecule has 5 nitrogen and oxygen atoms in total. The molecular weight excluding hydrogens is 387 g/mol. The molecule has 1 heterocycles. The Balaban J connectivity index is 1.68. The van der Waals surface area contributed by atoms with E-state index in [4.69, 9.17) is 0 Å². The van der Waals surface area contributed by atoms with Crippen molar-refractivity contribution >= 4 is 33.5 Å². The monoisotopic (exact) mass is 402 g/mol. The molecule has 0 saturated heterocycles. The van der Waals surface area contributed by atoms with Crippen LogP contribution in [-0.2, 0) is 6.54 Å². The Hall–Kier alpha value is -2.67. The Bertz CT molecular complexity index is 910. The minimum Gasteiger partial charge on any atom is -0.308 e. The van der Waals surface area contributed by atoms with E-state index in [2.05, 4.69) is 31.7 Å². The summed E-state index contributed by atoms with van der Waals surface area (Å²) in [7, 11) is 0. The first-order valence-electron chi connectivity index (χ1n) is 7.62. The van der Waals surface area contributed by atoms with E-state index in [0.29, 0.717) is 21.5 Å². The van der Waals surface area contributed by atoms with Crippen LogP contribution in [0.3, 0.4) is 0 Å². The molecule has 25 heavy (non-hydrogen) atoms. The van der Waals surface area contributed by atoms with Gasteiger partial charge in [0, 0.05) is 17.4 Å². The molecule has 7 heteroatoms. The molecule has 0 fully saturated rings. The van der Waals surface area contributed by atoms with Crippen molar-refractivity contribution in [2.45, 2.75) is 13.5 Å². The van der Waals surface area contributed by atoms with Crippen molar-refractivity contribution in [1.29, 1.82) is 0 Å². The van der Waals surface area contributed by atoms with Gasteiger partial charge in [-0.2, -0.15) is 5.10 Å². The van der Waals surface area contributed by atoms with Crippen LogP contribution in [0, 0.1) is 12.7 Å². The lowest BCUT2D eigenvalue weighted by Crippen LogP contribution is -2.20. The zero-order valence-corrected chi connectivity index (χ0v) is 15.0. The van der Waals surface area contributed by atoms with E-state index in [0.717, 1.165) is 5.56 Å². The first-order valence-corrected chi connectivity index (χ1v) is 8.41. The lowest BCUT2D eigenvalue weighted by Gasteiger charge is -2.07. The van der Waals surface area contributed by atoms with Gasteiger partial charge in [0.1, 0.15) is 5.82 Å². The third kappa shape index (κ3) is 4.45. The molecule has 0 saturated carbocycles. The number of nitrogens with one attached hydrogen (secondary N) is 2. The molecule has 1 aromatic heterocycles. The average Bonchev–Trinajstić information content (AvgIpc) is 2.89. The Morgan fingerprint density at radius 1 is 1.20 bits per heavy atom. The molecule has 0 spiro atoms. The van der Waals surface area contributed by atoms with E-state index in [1.165, 1.54) is 6.07 Å². The normalized spacial score (nSPS) is 10.5. The molecular formula is C18H16BrFN4O. The second-order valence-corrected chi connectivity index (χ2v) is 6.42. The Morgan fingerprint density at radius 2 is 2.00 bits per heavy atom. The molecule has 0 atom stereocenters. The van der Waals surface area contributed by atoms with Crippen molar-refractivity contribution in [2.75, 3.05) is 10.6 Å². The summed E-state index contributed by atoms with van der Waals surface area (Å²) in [5.41, 5.74) is 2.26. The molecule has 128 valence electrons. The summed E-state index contributed by atoms with van der Waals surface area (Å²) in [6.07, 6.45) is 1.69. The highest BCUT2D eigenvalue weighted by Crippen LogP contribution is 2.21. The summed E-state index contributed by atoms with van der Waals surface area (Å²) in [5.74, 6) is 0.0716. The van der Waals surface area contributed by atoms with E-state index in [9.17, 15) is 9.18 Å². The predicted molar refractivity (Wildman–Crippen MR) is 99.2 cm³/mol. The number of hydrogen-bond acceptors (Lipinski definition) is 2. The van der Waals surface area contributed by atoms with Gasteiger partial charge >= 0.3 is 6.03 Å². The van der Waals surface area contributed by atoms with Gasteiger partial charge in [0.05, 0.1) is 11.0 Å². The lowest BCUT2D eigenvalue weighted by molar-refractivity contribution is 0.262. The number of benzene rings is 2. The van der Waals surface area contributed by atoms with Gasteiger partial charge in [-0.15, -0.1) is 0 Å². The molecule has 0 unspecified atom stereocenters. The number of urea groups is 1. The topological polar surface area (TPSA) is 59.0 Å². The highest BCUT2D eigenvalue weighted by atomic mass is 79.9. The minimum absolute atomic E-state index is 0.270. The maximum absolute atomic E-state index is 13.7. The van der Waals surface area contributed by atoms with Crippen LogP contribution in [0.2, 0.25) is 0 Å². The molecule has 2 aromatic carbocycles. The highest BCUT2D eigenvalue weighted by molar-refractivity contribution is 9.10. The summed E-state index contributed by atoms with van der Waals surface area (Å²) in [5, 5.41) is 9.70. The quantitative estimate of drug-likeness (QED) is 0.659. The van der Waals surface area contributed by atoms with Crippen LogP contribution in [0.1, 0.15) is 11.1 Å². The number of carbonyl (C=O) groups excluding carboxylic acids is 1. The maximum Gasteiger partial charge on any atom is 0.324 e. The fourth-order valence-electron chi connectivity index (χ4n) is 2.36. The summed E-state index contributed by atoms with van der Waals surface area (Å²) in [6, 6.07) is 13.6. The van der Waals surface area contributed by atoms with Crippen LogP contribution in [-0.4, -0.2) is 15.8 Å². The molecule has 2 amide bonds. The van der Waals surface area contributed by atoms with Gasteiger partial charge in [-0.25, -0.2) is 9.18 Å². The largest absolute Gasteiger partial charge is 0.324 e. The molecule has 3 rings (SSSR count). The number of anilines is 2. The van der Waals surface area contributed by atoms with Crippen LogP contribution in [0.4, 0.5) is 20.7 Å². The lowest BCUT2D eigenvalue weighted by atomic mass is 10.2.